The Kier molecular flexibility index (Phi) is 5.69. The Labute approximate surface area is 208 Å². The molecule has 0 saturated carbocycles. The number of fused-ring (bicyclic) bond motifs is 2. The third-order valence-corrected chi connectivity index (χ3v) is 9.39. The summed E-state index contributed by atoms with van der Waals surface area (Å²) in [5, 5.41) is 9.44. The van der Waals surface area contributed by atoms with Gasteiger partial charge in [0.1, 0.15) is 0 Å². The van der Waals surface area contributed by atoms with E-state index in [0.29, 0.717) is 0 Å². The van der Waals surface area contributed by atoms with Gasteiger partial charge in [0.15, 0.2) is 0 Å². The second-order valence-corrected chi connectivity index (χ2v) is 11.3. The number of rotatable bonds is 4. The van der Waals surface area contributed by atoms with E-state index in [1.165, 1.54) is 59.7 Å². The van der Waals surface area contributed by atoms with Gasteiger partial charge in [0.2, 0.25) is 0 Å². The normalized spacial score (nSPS) is 11.4. The van der Waals surface area contributed by atoms with Crippen molar-refractivity contribution in [3.8, 4) is 11.1 Å². The zero-order chi connectivity index (χ0) is 23.8. The number of aryl methyl sites for hydroxylation is 2. The first-order valence-corrected chi connectivity index (χ1v) is 13.5. The first kappa shape index (κ1) is 21.8. The van der Waals surface area contributed by atoms with Gasteiger partial charge in [0.25, 0.3) is 0 Å². The summed E-state index contributed by atoms with van der Waals surface area (Å²) in [6.07, 6.45) is 0. The average Bonchev–Trinajstić information content (AvgIpc) is 2.90. The Morgan fingerprint density at radius 1 is 0.486 bits per heavy atom. The standard InChI is InChI=1S/C34H27P/c1-24-21-26-13-9-11-19-30(26)32(22-24)33-31-20-12-10-14-27(31)23-25(2)34(33)35(28-15-5-3-6-16-28)29-17-7-4-8-18-29/h3-23H,1-2H3. The van der Waals surface area contributed by atoms with Crippen LogP contribution in [0.25, 0.3) is 32.7 Å². The highest BCUT2D eigenvalue weighted by Crippen LogP contribution is 2.43. The van der Waals surface area contributed by atoms with Crippen LogP contribution in [0.3, 0.4) is 0 Å². The molecule has 6 aromatic rings. The highest BCUT2D eigenvalue weighted by atomic mass is 31.1. The van der Waals surface area contributed by atoms with E-state index in [4.69, 9.17) is 0 Å². The molecule has 6 rings (SSSR count). The Hall–Kier alpha value is -3.73. The molecule has 0 heterocycles. The Balaban J connectivity index is 1.79. The van der Waals surface area contributed by atoms with E-state index in [2.05, 4.69) is 141 Å². The summed E-state index contributed by atoms with van der Waals surface area (Å²) >= 11 is 0. The molecule has 0 aromatic heterocycles. The summed E-state index contributed by atoms with van der Waals surface area (Å²) in [5.41, 5.74) is 5.34. The first-order valence-electron chi connectivity index (χ1n) is 12.1. The molecule has 0 unspecified atom stereocenters. The lowest BCUT2D eigenvalue weighted by Gasteiger charge is -2.26. The first-order chi connectivity index (χ1) is 17.2. The van der Waals surface area contributed by atoms with Crippen molar-refractivity contribution in [1.82, 2.24) is 0 Å². The second-order valence-electron chi connectivity index (χ2n) is 9.18. The third-order valence-electron chi connectivity index (χ3n) is 6.74. The lowest BCUT2D eigenvalue weighted by molar-refractivity contribution is 1.49. The molecule has 0 spiro atoms. The maximum absolute atomic E-state index is 2.39. The van der Waals surface area contributed by atoms with Crippen LogP contribution in [0.1, 0.15) is 11.1 Å². The van der Waals surface area contributed by atoms with Crippen LogP contribution in [0.2, 0.25) is 0 Å². The summed E-state index contributed by atoms with van der Waals surface area (Å²) in [6.45, 7) is 4.51. The molecule has 0 radical (unpaired) electrons. The van der Waals surface area contributed by atoms with Gasteiger partial charge in [-0.3, -0.25) is 0 Å². The van der Waals surface area contributed by atoms with Crippen LogP contribution < -0.4 is 15.9 Å². The van der Waals surface area contributed by atoms with Gasteiger partial charge in [-0.25, -0.2) is 0 Å². The minimum absolute atomic E-state index is 0.749. The number of benzene rings is 6. The summed E-state index contributed by atoms with van der Waals surface area (Å²) in [5.74, 6) is 0. The van der Waals surface area contributed by atoms with Crippen molar-refractivity contribution in [2.75, 3.05) is 0 Å². The van der Waals surface area contributed by atoms with Gasteiger partial charge < -0.3 is 0 Å². The van der Waals surface area contributed by atoms with Crippen molar-refractivity contribution in [2.24, 2.45) is 0 Å². The van der Waals surface area contributed by atoms with Gasteiger partial charge in [-0.2, -0.15) is 0 Å². The van der Waals surface area contributed by atoms with Gasteiger partial charge in [0.05, 0.1) is 0 Å². The minimum Gasteiger partial charge on any atom is -0.0622 e. The number of hydrogen-bond acceptors (Lipinski definition) is 0. The van der Waals surface area contributed by atoms with Crippen molar-refractivity contribution in [3.63, 3.8) is 0 Å². The van der Waals surface area contributed by atoms with Crippen molar-refractivity contribution < 1.29 is 0 Å². The highest BCUT2D eigenvalue weighted by molar-refractivity contribution is 7.80. The molecule has 35 heavy (non-hydrogen) atoms. The van der Waals surface area contributed by atoms with E-state index in [-0.39, 0.29) is 0 Å². The van der Waals surface area contributed by atoms with Crippen molar-refractivity contribution in [2.45, 2.75) is 13.8 Å². The van der Waals surface area contributed by atoms with E-state index in [9.17, 15) is 0 Å². The fraction of sp³-hybridized carbons (Fsp3) is 0.0588. The lowest BCUT2D eigenvalue weighted by atomic mass is 9.91. The van der Waals surface area contributed by atoms with Crippen LogP contribution in [-0.4, -0.2) is 0 Å². The SMILES string of the molecule is Cc1cc(-c2c(P(c3ccccc3)c3ccccc3)c(C)cc3ccccc23)c2ccccc2c1. The molecule has 0 aliphatic heterocycles. The highest BCUT2D eigenvalue weighted by Gasteiger charge is 2.25. The molecular formula is C34H27P. The third kappa shape index (κ3) is 3.95. The van der Waals surface area contributed by atoms with Crippen LogP contribution in [-0.2, 0) is 0 Å². The van der Waals surface area contributed by atoms with E-state index < -0.39 is 7.92 Å². The average molecular weight is 467 g/mol. The Morgan fingerprint density at radius 2 is 1.00 bits per heavy atom. The summed E-state index contributed by atoms with van der Waals surface area (Å²) < 4.78 is 0. The molecular weight excluding hydrogens is 439 g/mol. The van der Waals surface area contributed by atoms with Crippen LogP contribution in [0.4, 0.5) is 0 Å². The van der Waals surface area contributed by atoms with Crippen molar-refractivity contribution in [3.05, 3.63) is 139 Å². The van der Waals surface area contributed by atoms with Gasteiger partial charge in [-0.15, -0.1) is 0 Å². The predicted octanol–water partition coefficient (Wildman–Crippen LogP) is 8.04. The summed E-state index contributed by atoms with van der Waals surface area (Å²) in [7, 11) is -0.749. The topological polar surface area (TPSA) is 0 Å². The maximum Gasteiger partial charge on any atom is -0.00127 e. The molecule has 6 aromatic carbocycles. The second kappa shape index (κ2) is 9.14. The molecule has 0 aliphatic rings. The zero-order valence-electron chi connectivity index (χ0n) is 20.1. The van der Waals surface area contributed by atoms with Crippen LogP contribution in [0.5, 0.6) is 0 Å². The van der Waals surface area contributed by atoms with Crippen LogP contribution >= 0.6 is 7.92 Å². The summed E-state index contributed by atoms with van der Waals surface area (Å²) in [6, 6.07) is 46.9. The molecule has 0 nitrogen and oxygen atoms in total. The summed E-state index contributed by atoms with van der Waals surface area (Å²) in [4.78, 5) is 0. The van der Waals surface area contributed by atoms with Gasteiger partial charge in [-0.1, -0.05) is 127 Å². The van der Waals surface area contributed by atoms with E-state index in [1.54, 1.807) is 0 Å². The quantitative estimate of drug-likeness (QED) is 0.231. The van der Waals surface area contributed by atoms with Crippen LogP contribution in [0.15, 0.2) is 127 Å². The van der Waals surface area contributed by atoms with E-state index in [0.717, 1.165) is 0 Å². The van der Waals surface area contributed by atoms with Crippen molar-refractivity contribution >= 4 is 45.4 Å². The molecule has 0 saturated heterocycles. The van der Waals surface area contributed by atoms with Crippen LogP contribution in [0, 0.1) is 13.8 Å². The maximum atomic E-state index is 2.39. The molecule has 168 valence electrons. The predicted molar refractivity (Wildman–Crippen MR) is 155 cm³/mol. The molecule has 0 fully saturated rings. The fourth-order valence-electron chi connectivity index (χ4n) is 5.27. The Morgan fingerprint density at radius 3 is 1.63 bits per heavy atom. The van der Waals surface area contributed by atoms with Gasteiger partial charge in [0, 0.05) is 0 Å². The molecule has 0 bridgehead atoms. The smallest absolute Gasteiger partial charge is 0.00127 e. The zero-order valence-corrected chi connectivity index (χ0v) is 21.0. The van der Waals surface area contributed by atoms with E-state index in [1.807, 2.05) is 0 Å². The number of hydrogen-bond donors (Lipinski definition) is 0. The van der Waals surface area contributed by atoms with E-state index >= 15 is 0 Å². The monoisotopic (exact) mass is 466 g/mol. The fourth-order valence-corrected chi connectivity index (χ4v) is 7.90. The van der Waals surface area contributed by atoms with Gasteiger partial charge >= 0.3 is 0 Å². The largest absolute Gasteiger partial charge is 0.0622 e. The lowest BCUT2D eigenvalue weighted by Crippen LogP contribution is -2.24. The Bertz CT molecular complexity index is 1610. The minimum atomic E-state index is -0.749. The van der Waals surface area contributed by atoms with Gasteiger partial charge in [-0.05, 0) is 81.5 Å². The molecule has 1 heteroatoms. The molecule has 0 aliphatic carbocycles. The molecule has 0 amide bonds. The molecule has 0 N–H and O–H groups in total. The van der Waals surface area contributed by atoms with Crippen molar-refractivity contribution in [1.29, 1.82) is 0 Å². The molecule has 0 atom stereocenters.